The summed E-state index contributed by atoms with van der Waals surface area (Å²) in [7, 11) is 0. The molecule has 3 heterocycles. The predicted molar refractivity (Wildman–Crippen MR) is 141 cm³/mol. The second-order valence-electron chi connectivity index (χ2n) is 10.1. The number of carbonyl (C=O) groups is 3. The third-order valence-corrected chi connectivity index (χ3v) is 10.5. The lowest BCUT2D eigenvalue weighted by Crippen LogP contribution is -2.59. The molecule has 0 saturated carbocycles. The number of aliphatic hydroxyl groups excluding tert-OH is 1. The van der Waals surface area contributed by atoms with Crippen molar-refractivity contribution in [1.82, 2.24) is 4.90 Å². The largest absolute Gasteiger partial charge is 0.481 e. The Morgan fingerprint density at radius 2 is 2.00 bits per heavy atom. The highest BCUT2D eigenvalue weighted by atomic mass is 32.2. The summed E-state index contributed by atoms with van der Waals surface area (Å²) in [5.74, 6) is -3.19. The van der Waals surface area contributed by atoms with E-state index in [1.54, 1.807) is 11.0 Å². The number of likely N-dealkylation sites (tertiary alicyclic amines) is 1. The van der Waals surface area contributed by atoms with Gasteiger partial charge in [-0.1, -0.05) is 50.3 Å². The quantitative estimate of drug-likeness (QED) is 0.530. The van der Waals surface area contributed by atoms with Gasteiger partial charge in [0.2, 0.25) is 5.91 Å². The summed E-state index contributed by atoms with van der Waals surface area (Å²) in [6.07, 6.45) is 2.78. The molecule has 7 atom stereocenters. The number of amides is 2. The van der Waals surface area contributed by atoms with Crippen LogP contribution in [0, 0.1) is 17.8 Å². The lowest BCUT2D eigenvalue weighted by molar-refractivity contribution is -0.149. The highest BCUT2D eigenvalue weighted by Crippen LogP contribution is 2.69. The minimum atomic E-state index is -0.984. The van der Waals surface area contributed by atoms with Gasteiger partial charge in [0.25, 0.3) is 5.91 Å². The van der Waals surface area contributed by atoms with E-state index in [9.17, 15) is 24.6 Å². The molecule has 5 rings (SSSR count). The van der Waals surface area contributed by atoms with Crippen LogP contribution < -0.4 is 4.90 Å². The zero-order valence-corrected chi connectivity index (χ0v) is 21.4. The average molecular weight is 509 g/mol. The number of carboxylic acids is 1. The maximum Gasteiger partial charge on any atom is 0.308 e. The first-order valence-electron chi connectivity index (χ1n) is 12.5. The molecule has 7 nitrogen and oxygen atoms in total. The van der Waals surface area contributed by atoms with E-state index >= 15 is 0 Å². The maximum absolute atomic E-state index is 14.6. The van der Waals surface area contributed by atoms with Crippen LogP contribution in [0.1, 0.15) is 26.7 Å². The molecule has 2 amide bonds. The van der Waals surface area contributed by atoms with Crippen molar-refractivity contribution in [2.45, 2.75) is 48.8 Å². The topological polar surface area (TPSA) is 98.2 Å². The van der Waals surface area contributed by atoms with Gasteiger partial charge in [-0.3, -0.25) is 14.4 Å². The van der Waals surface area contributed by atoms with Gasteiger partial charge in [0, 0.05) is 17.5 Å². The summed E-state index contributed by atoms with van der Waals surface area (Å²) < 4.78 is -0.846. The maximum atomic E-state index is 14.6. The van der Waals surface area contributed by atoms with Gasteiger partial charge in [-0.05, 0) is 41.7 Å². The van der Waals surface area contributed by atoms with Crippen molar-refractivity contribution in [3.63, 3.8) is 0 Å². The van der Waals surface area contributed by atoms with Crippen molar-refractivity contribution in [3.05, 3.63) is 55.1 Å². The van der Waals surface area contributed by atoms with Crippen molar-refractivity contribution >= 4 is 46.0 Å². The van der Waals surface area contributed by atoms with Crippen molar-refractivity contribution < 1.29 is 24.6 Å². The molecule has 2 bridgehead atoms. The van der Waals surface area contributed by atoms with Crippen LogP contribution in [0.25, 0.3) is 10.8 Å². The van der Waals surface area contributed by atoms with Gasteiger partial charge in [0.05, 0.1) is 29.2 Å². The Hall–Kier alpha value is -2.84. The molecule has 8 heteroatoms. The average Bonchev–Trinajstić information content (AvgIpc) is 3.47. The van der Waals surface area contributed by atoms with Crippen LogP contribution in [0.3, 0.4) is 0 Å². The summed E-state index contributed by atoms with van der Waals surface area (Å²) in [5, 5.41) is 22.1. The zero-order valence-electron chi connectivity index (χ0n) is 20.5. The molecule has 3 unspecified atom stereocenters. The number of thioether (sulfide) groups is 1. The lowest BCUT2D eigenvalue weighted by atomic mass is 9.66. The molecule has 3 saturated heterocycles. The summed E-state index contributed by atoms with van der Waals surface area (Å²) in [4.78, 5) is 44.0. The minimum Gasteiger partial charge on any atom is -0.481 e. The fourth-order valence-electron chi connectivity index (χ4n) is 6.77. The van der Waals surface area contributed by atoms with Crippen LogP contribution >= 0.6 is 11.8 Å². The van der Waals surface area contributed by atoms with Crippen LogP contribution in [0.15, 0.2) is 55.1 Å². The highest BCUT2D eigenvalue weighted by molar-refractivity contribution is 8.02. The second-order valence-corrected chi connectivity index (χ2v) is 11.7. The molecule has 190 valence electrons. The van der Waals surface area contributed by atoms with Crippen LogP contribution in [0.5, 0.6) is 0 Å². The van der Waals surface area contributed by atoms with Gasteiger partial charge < -0.3 is 20.0 Å². The Morgan fingerprint density at radius 3 is 2.64 bits per heavy atom. The molecular weight excluding hydrogens is 476 g/mol. The number of fused-ring (bicyclic) bond motifs is 2. The van der Waals surface area contributed by atoms with E-state index in [0.29, 0.717) is 18.5 Å². The van der Waals surface area contributed by atoms with E-state index in [2.05, 4.69) is 6.58 Å². The van der Waals surface area contributed by atoms with Crippen molar-refractivity contribution in [2.75, 3.05) is 18.1 Å². The third-order valence-electron chi connectivity index (χ3n) is 8.40. The first kappa shape index (κ1) is 24.8. The Balaban J connectivity index is 1.65. The van der Waals surface area contributed by atoms with Crippen LogP contribution in [0.4, 0.5) is 5.69 Å². The van der Waals surface area contributed by atoms with Crippen molar-refractivity contribution in [3.8, 4) is 0 Å². The van der Waals surface area contributed by atoms with Gasteiger partial charge in [0.15, 0.2) is 0 Å². The number of hydrogen-bond donors (Lipinski definition) is 2. The van der Waals surface area contributed by atoms with Crippen molar-refractivity contribution in [2.24, 2.45) is 17.8 Å². The number of nitrogens with zero attached hydrogens (tertiary/aromatic N) is 2. The molecule has 2 aromatic carbocycles. The molecule has 1 spiro atoms. The van der Waals surface area contributed by atoms with Crippen LogP contribution in [-0.2, 0) is 14.4 Å². The molecular formula is C28H32N2O5S. The summed E-state index contributed by atoms with van der Waals surface area (Å²) in [6.45, 7) is 7.73. The number of aliphatic hydroxyl groups is 1. The number of benzene rings is 2. The summed E-state index contributed by atoms with van der Waals surface area (Å²) >= 11 is 1.51. The fraction of sp³-hybridized carbons (Fsp3) is 0.464. The lowest BCUT2D eigenvalue weighted by Gasteiger charge is -2.41. The Morgan fingerprint density at radius 1 is 1.28 bits per heavy atom. The standard InChI is InChI=1S/C28H32N2O5S/c1-4-12-29(20-11-10-17-8-6-7-9-18(17)14-20)26(33)24-28-16(3)13-21(36-28)22(27(34)35)23(28)25(32)30(24)19(5-2)15-31/h4,6-11,14,16,19,21-24,31H,1,5,12-13,15H2,2-3H3,(H,34,35)/t16?,19-,21-,22+,23-,24?,28?/m0/s1. The summed E-state index contributed by atoms with van der Waals surface area (Å²) in [5.41, 5.74) is 0.697. The monoisotopic (exact) mass is 508 g/mol. The smallest absolute Gasteiger partial charge is 0.308 e. The van der Waals surface area contributed by atoms with E-state index in [-0.39, 0.29) is 36.1 Å². The second kappa shape index (κ2) is 9.23. The van der Waals surface area contributed by atoms with E-state index in [4.69, 9.17) is 0 Å². The van der Waals surface area contributed by atoms with Crippen LogP contribution in [0.2, 0.25) is 0 Å². The molecule has 3 fully saturated rings. The molecule has 3 aliphatic rings. The molecule has 2 N–H and O–H groups in total. The Bertz CT molecular complexity index is 1230. The van der Waals surface area contributed by atoms with Crippen LogP contribution in [-0.4, -0.2) is 68.1 Å². The number of hydrogen-bond acceptors (Lipinski definition) is 5. The number of carbonyl (C=O) groups excluding carboxylic acids is 2. The molecule has 0 aliphatic carbocycles. The van der Waals surface area contributed by atoms with E-state index in [1.165, 1.54) is 16.7 Å². The Labute approximate surface area is 215 Å². The number of rotatable bonds is 8. The number of carboxylic acid groups (broad SMARTS) is 1. The van der Waals surface area contributed by atoms with E-state index in [0.717, 1.165) is 10.8 Å². The summed E-state index contributed by atoms with van der Waals surface area (Å²) in [6, 6.07) is 12.3. The fourth-order valence-corrected chi connectivity index (χ4v) is 9.17. The van der Waals surface area contributed by atoms with E-state index < -0.39 is 34.6 Å². The highest BCUT2D eigenvalue weighted by Gasteiger charge is 2.76. The first-order chi connectivity index (χ1) is 17.3. The van der Waals surface area contributed by atoms with Crippen molar-refractivity contribution in [1.29, 1.82) is 0 Å². The molecule has 0 radical (unpaired) electrons. The zero-order chi connectivity index (χ0) is 25.8. The molecule has 0 aromatic heterocycles. The number of anilines is 1. The van der Waals surface area contributed by atoms with Gasteiger partial charge >= 0.3 is 5.97 Å². The first-order valence-corrected chi connectivity index (χ1v) is 13.4. The third kappa shape index (κ3) is 3.41. The molecule has 36 heavy (non-hydrogen) atoms. The van der Waals surface area contributed by atoms with Gasteiger partial charge in [-0.25, -0.2) is 0 Å². The van der Waals surface area contributed by atoms with Gasteiger partial charge in [0.1, 0.15) is 6.04 Å². The van der Waals surface area contributed by atoms with E-state index in [1.807, 2.05) is 56.3 Å². The normalized spacial score (nSPS) is 31.5. The molecule has 2 aromatic rings. The SMILES string of the molecule is C=CCN(C(=O)C1N([C@@H](CC)CO)C(=O)[C@@H]2[C@H](C(=O)O)[C@@H]3CC(C)C12S3)c1ccc2ccccc2c1. The van der Waals surface area contributed by atoms with Gasteiger partial charge in [-0.15, -0.1) is 18.3 Å². The van der Waals surface area contributed by atoms with Gasteiger partial charge in [-0.2, -0.15) is 0 Å². The molecule has 3 aliphatic heterocycles. The number of aliphatic carboxylic acids is 1. The predicted octanol–water partition coefficient (Wildman–Crippen LogP) is 3.55. The Kier molecular flexibility index (Phi) is 6.37. The minimum absolute atomic E-state index is 0.0191.